The zero-order chi connectivity index (χ0) is 27.5. The predicted molar refractivity (Wildman–Crippen MR) is 149 cm³/mol. The Bertz CT molecular complexity index is 1430. The van der Waals surface area contributed by atoms with Crippen molar-refractivity contribution in [2.24, 2.45) is 0 Å². The number of hydrogen-bond donors (Lipinski definition) is 0. The van der Waals surface area contributed by atoms with E-state index in [-0.39, 0.29) is 11.7 Å². The second-order valence-corrected chi connectivity index (χ2v) is 13.6. The largest absolute Gasteiger partial charge is 0.441 e. The average Bonchev–Trinajstić information content (AvgIpc) is 3.63. The number of ether oxygens (including phenoxy) is 1. The van der Waals surface area contributed by atoms with Crippen LogP contribution in [0.4, 0.5) is 22.0 Å². The fraction of sp³-hybridized carbons (Fsp3) is 0.536. The Morgan fingerprint density at radius 1 is 1.08 bits per heavy atom. The number of benzene rings is 1. The number of hydrogen-bond acceptors (Lipinski definition) is 7. The quantitative estimate of drug-likeness (QED) is 0.558. The van der Waals surface area contributed by atoms with Crippen LogP contribution in [0.5, 0.6) is 0 Å². The van der Waals surface area contributed by atoms with Crippen LogP contribution in [-0.4, -0.2) is 80.9 Å². The maximum atomic E-state index is 13.8. The molecule has 0 N–H and O–H groups in total. The van der Waals surface area contributed by atoms with Gasteiger partial charge < -0.3 is 14.5 Å². The van der Waals surface area contributed by atoms with Crippen LogP contribution in [0.3, 0.4) is 0 Å². The zero-order valence-electron chi connectivity index (χ0n) is 22.7. The molecular formula is C28H35N5O5S. The number of sulfonamides is 1. The molecule has 4 aliphatic rings. The van der Waals surface area contributed by atoms with Crippen LogP contribution < -0.4 is 14.1 Å². The number of pyridine rings is 1. The molecule has 2 aromatic rings. The van der Waals surface area contributed by atoms with Crippen molar-refractivity contribution in [1.29, 1.82) is 0 Å². The minimum Gasteiger partial charge on any atom is -0.441 e. The van der Waals surface area contributed by atoms with Gasteiger partial charge in [-0.2, -0.15) is 0 Å². The smallest absolute Gasteiger partial charge is 0.415 e. The van der Waals surface area contributed by atoms with Gasteiger partial charge in [-0.25, -0.2) is 18.2 Å². The van der Waals surface area contributed by atoms with E-state index in [2.05, 4.69) is 17.9 Å². The first kappa shape index (κ1) is 25.9. The summed E-state index contributed by atoms with van der Waals surface area (Å²) in [5.74, 6) is 1.44. The molecule has 208 valence electrons. The molecule has 2 amide bonds. The van der Waals surface area contributed by atoms with E-state index >= 15 is 0 Å². The number of piperazine rings is 1. The molecule has 1 aliphatic carbocycles. The number of nitrogens with zero attached hydrogens (tertiary/aromatic N) is 5. The van der Waals surface area contributed by atoms with Crippen molar-refractivity contribution >= 4 is 39.2 Å². The highest BCUT2D eigenvalue weighted by molar-refractivity contribution is 7.93. The van der Waals surface area contributed by atoms with E-state index in [1.165, 1.54) is 27.6 Å². The summed E-state index contributed by atoms with van der Waals surface area (Å²) in [6, 6.07) is 7.23. The highest BCUT2D eigenvalue weighted by Gasteiger charge is 2.40. The maximum Gasteiger partial charge on any atom is 0.415 e. The van der Waals surface area contributed by atoms with Gasteiger partial charge in [0.05, 0.1) is 23.5 Å². The van der Waals surface area contributed by atoms with Crippen molar-refractivity contribution in [1.82, 2.24) is 9.88 Å². The lowest BCUT2D eigenvalue weighted by Gasteiger charge is -2.36. The highest BCUT2D eigenvalue weighted by Crippen LogP contribution is 2.41. The Labute approximate surface area is 229 Å². The Hall–Kier alpha value is -3.34. The number of rotatable bonds is 5. The lowest BCUT2D eigenvalue weighted by molar-refractivity contribution is 0.0746. The number of aromatic nitrogens is 1. The fourth-order valence-electron chi connectivity index (χ4n) is 5.80. The van der Waals surface area contributed by atoms with Gasteiger partial charge in [-0.05, 0) is 75.3 Å². The van der Waals surface area contributed by atoms with Gasteiger partial charge in [-0.15, -0.1) is 0 Å². The van der Waals surface area contributed by atoms with Gasteiger partial charge >= 0.3 is 6.09 Å². The number of aryl methyl sites for hydroxylation is 1. The Morgan fingerprint density at radius 2 is 1.82 bits per heavy atom. The Morgan fingerprint density at radius 3 is 2.41 bits per heavy atom. The van der Waals surface area contributed by atoms with E-state index in [1.807, 2.05) is 20.0 Å². The van der Waals surface area contributed by atoms with Gasteiger partial charge in [0, 0.05) is 44.6 Å². The molecule has 0 bridgehead atoms. The molecule has 0 atom stereocenters. The molecule has 3 saturated heterocycles. The molecule has 10 nitrogen and oxygen atoms in total. The molecule has 0 spiro atoms. The number of anilines is 3. The minimum absolute atomic E-state index is 0.0359. The summed E-state index contributed by atoms with van der Waals surface area (Å²) >= 11 is 0. The minimum atomic E-state index is -3.55. The first-order chi connectivity index (χ1) is 18.5. The van der Waals surface area contributed by atoms with Gasteiger partial charge in [-0.3, -0.25) is 14.0 Å². The fourth-order valence-corrected chi connectivity index (χ4v) is 7.38. The van der Waals surface area contributed by atoms with E-state index < -0.39 is 21.7 Å². The standard InChI is InChI=1S/C28H35N5O5S/c1-19-15-21(20-5-6-20)17-29-25(19)30-10-12-31(13-11-30)26(34)23-8-7-22(32-18-28(2,3)38-27(32)35)16-24(23)33-9-4-14-39(33,36)37/h7-8,15-17,20H,4-6,9-14,18H2,1-3H3. The lowest BCUT2D eigenvalue weighted by Crippen LogP contribution is -2.49. The normalized spacial score (nSPS) is 22.4. The topological polar surface area (TPSA) is 103 Å². The summed E-state index contributed by atoms with van der Waals surface area (Å²) in [4.78, 5) is 36.5. The Kier molecular flexibility index (Phi) is 6.24. The second kappa shape index (κ2) is 9.39. The first-order valence-electron chi connectivity index (χ1n) is 13.7. The van der Waals surface area contributed by atoms with E-state index in [0.717, 1.165) is 11.4 Å². The van der Waals surface area contributed by atoms with Crippen molar-refractivity contribution in [3.63, 3.8) is 0 Å². The zero-order valence-corrected chi connectivity index (χ0v) is 23.5. The van der Waals surface area contributed by atoms with Crippen molar-refractivity contribution < 1.29 is 22.7 Å². The molecule has 0 unspecified atom stereocenters. The summed E-state index contributed by atoms with van der Waals surface area (Å²) in [5.41, 5.74) is 2.97. The van der Waals surface area contributed by atoms with Crippen LogP contribution in [0.15, 0.2) is 30.5 Å². The molecular weight excluding hydrogens is 518 g/mol. The molecule has 6 rings (SSSR count). The molecule has 1 saturated carbocycles. The highest BCUT2D eigenvalue weighted by atomic mass is 32.2. The van der Waals surface area contributed by atoms with Crippen LogP contribution in [0, 0.1) is 6.92 Å². The molecule has 1 aromatic heterocycles. The van der Waals surface area contributed by atoms with Crippen LogP contribution in [-0.2, 0) is 14.8 Å². The van der Waals surface area contributed by atoms with Gasteiger partial charge in [0.25, 0.3) is 5.91 Å². The van der Waals surface area contributed by atoms with E-state index in [0.29, 0.717) is 68.5 Å². The molecule has 11 heteroatoms. The third-order valence-corrected chi connectivity index (χ3v) is 9.86. The molecule has 4 heterocycles. The van der Waals surface area contributed by atoms with E-state index in [9.17, 15) is 18.0 Å². The molecule has 39 heavy (non-hydrogen) atoms. The third-order valence-electron chi connectivity index (χ3n) is 8.00. The van der Waals surface area contributed by atoms with Gasteiger partial charge in [0.1, 0.15) is 11.4 Å². The first-order valence-corrected chi connectivity index (χ1v) is 15.3. The van der Waals surface area contributed by atoms with Crippen LogP contribution >= 0.6 is 0 Å². The predicted octanol–water partition coefficient (Wildman–Crippen LogP) is 3.50. The van der Waals surface area contributed by atoms with Crippen LogP contribution in [0.2, 0.25) is 0 Å². The average molecular weight is 554 g/mol. The van der Waals surface area contributed by atoms with Gasteiger partial charge in [-0.1, -0.05) is 6.07 Å². The summed E-state index contributed by atoms with van der Waals surface area (Å²) in [7, 11) is -3.55. The molecule has 4 fully saturated rings. The summed E-state index contributed by atoms with van der Waals surface area (Å²) in [5, 5.41) is 0. The van der Waals surface area contributed by atoms with E-state index in [1.54, 1.807) is 23.1 Å². The van der Waals surface area contributed by atoms with Crippen LogP contribution in [0.1, 0.15) is 60.5 Å². The SMILES string of the molecule is Cc1cc(C2CC2)cnc1N1CCN(C(=O)c2ccc(N3CC(C)(C)OC3=O)cc2N2CCCS2(=O)=O)CC1. The number of cyclic esters (lactones) is 1. The summed E-state index contributed by atoms with van der Waals surface area (Å²) < 4.78 is 32.6. The maximum absolute atomic E-state index is 13.8. The lowest BCUT2D eigenvalue weighted by atomic mass is 10.1. The van der Waals surface area contributed by atoms with Crippen molar-refractivity contribution in [2.45, 2.75) is 51.6 Å². The molecule has 0 radical (unpaired) electrons. The summed E-state index contributed by atoms with van der Waals surface area (Å²) in [6.45, 7) is 8.68. The van der Waals surface area contributed by atoms with Gasteiger partial charge in [0.2, 0.25) is 10.0 Å². The van der Waals surface area contributed by atoms with Gasteiger partial charge in [0.15, 0.2) is 0 Å². The van der Waals surface area contributed by atoms with E-state index in [4.69, 9.17) is 9.72 Å². The number of amides is 2. The van der Waals surface area contributed by atoms with Crippen LogP contribution in [0.25, 0.3) is 0 Å². The Balaban J connectivity index is 1.24. The van der Waals surface area contributed by atoms with Crippen molar-refractivity contribution in [3.05, 3.63) is 47.2 Å². The van der Waals surface area contributed by atoms with Crippen molar-refractivity contribution in [2.75, 3.05) is 59.1 Å². The molecule has 1 aromatic carbocycles. The number of carbonyl (C=O) groups excluding carboxylic acids is 2. The summed E-state index contributed by atoms with van der Waals surface area (Å²) in [6.07, 6.45) is 4.47. The molecule has 3 aliphatic heterocycles. The van der Waals surface area contributed by atoms with Crippen molar-refractivity contribution in [3.8, 4) is 0 Å². The second-order valence-electron chi connectivity index (χ2n) is 11.6. The number of carbonyl (C=O) groups is 2. The monoisotopic (exact) mass is 553 g/mol. The third kappa shape index (κ3) is 4.92.